The maximum atomic E-state index is 5.70. The van der Waals surface area contributed by atoms with Crippen molar-refractivity contribution in [1.82, 2.24) is 5.43 Å². The monoisotopic (exact) mass is 298 g/mol. The quantitative estimate of drug-likeness (QED) is 0.507. The predicted molar refractivity (Wildman–Crippen MR) is 72.3 cm³/mol. The van der Waals surface area contributed by atoms with Crippen LogP contribution in [0, 0.1) is 0 Å². The fourth-order valence-corrected chi connectivity index (χ4v) is 2.85. The van der Waals surface area contributed by atoms with Gasteiger partial charge in [0, 0.05) is 5.56 Å². The Morgan fingerprint density at radius 3 is 2.82 bits per heavy atom. The summed E-state index contributed by atoms with van der Waals surface area (Å²) in [4.78, 5) is 0. The Balaban J connectivity index is 2.19. The molecule has 4 heteroatoms. The molecule has 0 aliphatic heterocycles. The van der Waals surface area contributed by atoms with Gasteiger partial charge in [-0.1, -0.05) is 24.5 Å². The van der Waals surface area contributed by atoms with E-state index in [1.165, 1.54) is 31.3 Å². The Bertz CT molecular complexity index is 387. The second-order valence-electron chi connectivity index (χ2n) is 4.48. The highest BCUT2D eigenvalue weighted by molar-refractivity contribution is 9.10. The molecule has 0 aromatic carbocycles. The minimum absolute atomic E-state index is 0.0706. The van der Waals surface area contributed by atoms with E-state index in [1.807, 2.05) is 6.07 Å². The number of furan rings is 1. The van der Waals surface area contributed by atoms with Crippen molar-refractivity contribution in [3.8, 4) is 0 Å². The molecule has 0 saturated heterocycles. The maximum Gasteiger partial charge on any atom is 0.174 e. The summed E-state index contributed by atoms with van der Waals surface area (Å²) in [5.41, 5.74) is 5.37. The average Bonchev–Trinajstić information content (AvgIpc) is 2.69. The van der Waals surface area contributed by atoms with Crippen LogP contribution in [0.2, 0.25) is 0 Å². The number of hydrogen-bond acceptors (Lipinski definition) is 3. The van der Waals surface area contributed by atoms with Crippen LogP contribution < -0.4 is 11.3 Å². The van der Waals surface area contributed by atoms with E-state index in [1.54, 1.807) is 6.26 Å². The number of nitrogens with two attached hydrogens (primary N) is 1. The molecule has 1 aliphatic rings. The van der Waals surface area contributed by atoms with Crippen molar-refractivity contribution < 1.29 is 4.42 Å². The van der Waals surface area contributed by atoms with Gasteiger partial charge in [-0.3, -0.25) is 5.84 Å². The highest BCUT2D eigenvalue weighted by atomic mass is 79.9. The van der Waals surface area contributed by atoms with E-state index in [0.29, 0.717) is 0 Å². The van der Waals surface area contributed by atoms with Crippen molar-refractivity contribution in [2.45, 2.75) is 44.6 Å². The van der Waals surface area contributed by atoms with Crippen LogP contribution in [0.25, 0.3) is 0 Å². The molecule has 2 rings (SSSR count). The molecular weight excluding hydrogens is 280 g/mol. The number of nitrogens with one attached hydrogen (secondary N) is 1. The number of hydrogen-bond donors (Lipinski definition) is 2. The standard InChI is InChI=1S/C13H19BrN2O/c14-13-11(8-9-17-13)12(16-15)10-6-4-2-1-3-5-7-10/h6,8-9,12,16H,1-5,7,15H2/b10-6+. The Morgan fingerprint density at radius 2 is 2.12 bits per heavy atom. The summed E-state index contributed by atoms with van der Waals surface area (Å²) >= 11 is 3.42. The lowest BCUT2D eigenvalue weighted by Gasteiger charge is -2.20. The van der Waals surface area contributed by atoms with Gasteiger partial charge in [0.1, 0.15) is 0 Å². The summed E-state index contributed by atoms with van der Waals surface area (Å²) < 4.78 is 6.05. The van der Waals surface area contributed by atoms with Gasteiger partial charge in [-0.25, -0.2) is 5.43 Å². The molecule has 0 radical (unpaired) electrons. The molecule has 3 N–H and O–H groups in total. The first kappa shape index (κ1) is 12.9. The molecule has 1 atom stereocenters. The van der Waals surface area contributed by atoms with Crippen LogP contribution in [0.1, 0.15) is 50.1 Å². The molecule has 1 aromatic rings. The van der Waals surface area contributed by atoms with Crippen LogP contribution in [0.3, 0.4) is 0 Å². The first-order valence-corrected chi connectivity index (χ1v) is 7.00. The molecule has 1 aliphatic carbocycles. The first-order chi connectivity index (χ1) is 8.33. The van der Waals surface area contributed by atoms with Gasteiger partial charge < -0.3 is 4.42 Å². The topological polar surface area (TPSA) is 51.2 Å². The predicted octanol–water partition coefficient (Wildman–Crippen LogP) is 3.83. The van der Waals surface area contributed by atoms with E-state index in [2.05, 4.69) is 27.4 Å². The fraction of sp³-hybridized carbons (Fsp3) is 0.538. The van der Waals surface area contributed by atoms with Gasteiger partial charge in [-0.15, -0.1) is 0 Å². The van der Waals surface area contributed by atoms with Gasteiger partial charge in [-0.05, 0) is 47.7 Å². The zero-order chi connectivity index (χ0) is 12.1. The van der Waals surface area contributed by atoms with E-state index in [4.69, 9.17) is 10.3 Å². The molecule has 1 unspecified atom stereocenters. The minimum atomic E-state index is 0.0706. The molecule has 0 saturated carbocycles. The molecular formula is C13H19BrN2O. The van der Waals surface area contributed by atoms with E-state index < -0.39 is 0 Å². The third kappa shape index (κ3) is 3.21. The van der Waals surface area contributed by atoms with Gasteiger partial charge in [0.05, 0.1) is 12.3 Å². The van der Waals surface area contributed by atoms with Crippen LogP contribution in [0.4, 0.5) is 0 Å². The van der Waals surface area contributed by atoms with Gasteiger partial charge in [0.15, 0.2) is 4.67 Å². The van der Waals surface area contributed by atoms with Crippen LogP contribution in [0.5, 0.6) is 0 Å². The van der Waals surface area contributed by atoms with E-state index in [9.17, 15) is 0 Å². The third-order valence-electron chi connectivity index (χ3n) is 3.32. The third-order valence-corrected chi connectivity index (χ3v) is 3.97. The van der Waals surface area contributed by atoms with Crippen molar-refractivity contribution in [2.75, 3.05) is 0 Å². The summed E-state index contributed by atoms with van der Waals surface area (Å²) in [6.07, 6.45) is 11.5. The van der Waals surface area contributed by atoms with E-state index in [-0.39, 0.29) is 6.04 Å². The second-order valence-corrected chi connectivity index (χ2v) is 5.20. The molecule has 1 heterocycles. The van der Waals surface area contributed by atoms with Crippen LogP contribution >= 0.6 is 15.9 Å². The number of hydrazine groups is 1. The largest absolute Gasteiger partial charge is 0.457 e. The summed E-state index contributed by atoms with van der Waals surface area (Å²) in [6, 6.07) is 2.04. The number of allylic oxidation sites excluding steroid dienone is 1. The lowest BCUT2D eigenvalue weighted by molar-refractivity contribution is 0.515. The molecule has 1 aromatic heterocycles. The Hall–Kier alpha value is -0.580. The van der Waals surface area contributed by atoms with Gasteiger partial charge in [0.2, 0.25) is 0 Å². The number of halogens is 1. The van der Waals surface area contributed by atoms with Crippen LogP contribution in [-0.4, -0.2) is 0 Å². The van der Waals surface area contributed by atoms with Crippen molar-refractivity contribution >= 4 is 15.9 Å². The molecule has 94 valence electrons. The zero-order valence-corrected chi connectivity index (χ0v) is 11.5. The smallest absolute Gasteiger partial charge is 0.174 e. The first-order valence-electron chi connectivity index (χ1n) is 6.21. The van der Waals surface area contributed by atoms with Crippen LogP contribution in [-0.2, 0) is 0 Å². The minimum Gasteiger partial charge on any atom is -0.457 e. The van der Waals surface area contributed by atoms with Crippen molar-refractivity contribution in [3.63, 3.8) is 0 Å². The molecule has 17 heavy (non-hydrogen) atoms. The summed E-state index contributed by atoms with van der Waals surface area (Å²) in [7, 11) is 0. The Kier molecular flexibility index (Phi) is 4.83. The molecule has 3 nitrogen and oxygen atoms in total. The molecule has 0 spiro atoms. The highest BCUT2D eigenvalue weighted by Gasteiger charge is 2.19. The summed E-state index contributed by atoms with van der Waals surface area (Å²) in [5.74, 6) is 5.70. The lowest BCUT2D eigenvalue weighted by Crippen LogP contribution is -2.29. The second kappa shape index (κ2) is 6.38. The number of rotatable bonds is 3. The normalized spacial score (nSPS) is 22.4. The van der Waals surface area contributed by atoms with Gasteiger partial charge >= 0.3 is 0 Å². The van der Waals surface area contributed by atoms with Crippen LogP contribution in [0.15, 0.2) is 33.1 Å². The molecule has 0 bridgehead atoms. The van der Waals surface area contributed by atoms with Gasteiger partial charge in [0.25, 0.3) is 0 Å². The van der Waals surface area contributed by atoms with Crippen molar-refractivity contribution in [1.29, 1.82) is 0 Å². The Labute approximate surface area is 111 Å². The van der Waals surface area contributed by atoms with Gasteiger partial charge in [-0.2, -0.15) is 0 Å². The zero-order valence-electron chi connectivity index (χ0n) is 9.92. The summed E-state index contributed by atoms with van der Waals surface area (Å²) in [6.45, 7) is 0. The summed E-state index contributed by atoms with van der Waals surface area (Å²) in [5, 5.41) is 0. The van der Waals surface area contributed by atoms with Crippen molar-refractivity contribution in [3.05, 3.63) is 34.2 Å². The molecule has 0 amide bonds. The SMILES string of the molecule is NNC(/C1=C/CCCCCC1)c1ccoc1Br. The lowest BCUT2D eigenvalue weighted by atomic mass is 9.92. The van der Waals surface area contributed by atoms with E-state index in [0.717, 1.165) is 23.1 Å². The average molecular weight is 299 g/mol. The highest BCUT2D eigenvalue weighted by Crippen LogP contribution is 2.32. The Morgan fingerprint density at radius 1 is 1.29 bits per heavy atom. The van der Waals surface area contributed by atoms with E-state index >= 15 is 0 Å². The molecule has 0 fully saturated rings. The maximum absolute atomic E-state index is 5.70. The van der Waals surface area contributed by atoms with Crippen molar-refractivity contribution in [2.24, 2.45) is 5.84 Å². The fourth-order valence-electron chi connectivity index (χ4n) is 2.39.